The van der Waals surface area contributed by atoms with Crippen LogP contribution in [-0.2, 0) is 16.4 Å². The number of sulfonamides is 1. The summed E-state index contributed by atoms with van der Waals surface area (Å²) in [5.74, 6) is -0.491. The number of rotatable bonds is 6. The van der Waals surface area contributed by atoms with Crippen molar-refractivity contribution < 1.29 is 13.2 Å². The molecule has 2 aromatic carbocycles. The van der Waals surface area contributed by atoms with Crippen molar-refractivity contribution >= 4 is 27.3 Å². The van der Waals surface area contributed by atoms with Gasteiger partial charge in [-0.05, 0) is 48.1 Å². The third kappa shape index (κ3) is 4.44. The van der Waals surface area contributed by atoms with E-state index in [0.29, 0.717) is 4.88 Å². The van der Waals surface area contributed by atoms with Gasteiger partial charge in [0.15, 0.2) is 0 Å². The molecule has 1 aromatic heterocycles. The third-order valence-electron chi connectivity index (χ3n) is 4.17. The summed E-state index contributed by atoms with van der Waals surface area (Å²) in [6.45, 7) is 3.99. The molecule has 0 radical (unpaired) electrons. The summed E-state index contributed by atoms with van der Waals surface area (Å²) in [6, 6.07) is 16.2. The van der Waals surface area contributed by atoms with Crippen molar-refractivity contribution in [3.05, 3.63) is 76.0 Å². The second-order valence-corrected chi connectivity index (χ2v) is 8.69. The van der Waals surface area contributed by atoms with Gasteiger partial charge in [0.1, 0.15) is 4.88 Å². The first kappa shape index (κ1) is 19.3. The monoisotopic (exact) mass is 400 g/mol. The molecule has 0 aliphatic heterocycles. The van der Waals surface area contributed by atoms with Gasteiger partial charge in [-0.15, -0.1) is 16.2 Å². The van der Waals surface area contributed by atoms with Gasteiger partial charge in [0.05, 0.1) is 4.90 Å². The summed E-state index contributed by atoms with van der Waals surface area (Å²) in [7, 11) is -3.83. The molecule has 0 fully saturated rings. The highest BCUT2D eigenvalue weighted by Gasteiger charge is 2.18. The molecular weight excluding hydrogens is 380 g/mol. The molecule has 0 saturated carbocycles. The first-order valence-electron chi connectivity index (χ1n) is 8.46. The Bertz CT molecular complexity index is 1040. The number of benzene rings is 2. The molecule has 0 saturated heterocycles. The Hall–Kier alpha value is -2.48. The number of amides is 1. The van der Waals surface area contributed by atoms with E-state index < -0.39 is 15.9 Å². The van der Waals surface area contributed by atoms with Gasteiger partial charge in [-0.3, -0.25) is 10.2 Å². The zero-order chi connectivity index (χ0) is 19.4. The summed E-state index contributed by atoms with van der Waals surface area (Å²) < 4.78 is 24.8. The normalized spacial score (nSPS) is 11.3. The summed E-state index contributed by atoms with van der Waals surface area (Å²) in [5, 5.41) is 1.81. The van der Waals surface area contributed by atoms with Crippen LogP contribution in [0.5, 0.6) is 0 Å². The summed E-state index contributed by atoms with van der Waals surface area (Å²) in [4.78, 5) is 15.2. The molecule has 3 aromatic rings. The fourth-order valence-corrected chi connectivity index (χ4v) is 4.23. The number of carbonyl (C=O) groups is 1. The van der Waals surface area contributed by atoms with E-state index in [1.807, 2.05) is 49.6 Å². The van der Waals surface area contributed by atoms with E-state index in [9.17, 15) is 13.2 Å². The van der Waals surface area contributed by atoms with Crippen molar-refractivity contribution in [2.75, 3.05) is 0 Å². The molecule has 0 spiro atoms. The van der Waals surface area contributed by atoms with Crippen LogP contribution in [0.1, 0.15) is 27.7 Å². The largest absolute Gasteiger partial charge is 0.276 e. The summed E-state index contributed by atoms with van der Waals surface area (Å²) >= 11 is 1.26. The molecule has 1 amide bonds. The maximum Gasteiger partial charge on any atom is 0.276 e. The van der Waals surface area contributed by atoms with Crippen molar-refractivity contribution in [2.45, 2.75) is 25.2 Å². The van der Waals surface area contributed by atoms with Crippen LogP contribution < -0.4 is 10.3 Å². The second kappa shape index (κ2) is 8.04. The number of thiophene rings is 1. The summed E-state index contributed by atoms with van der Waals surface area (Å²) in [6.07, 6.45) is 0.824. The SMILES string of the molecule is CCc1ccc(S(=O)(=O)NNC(=O)c2sccc2-c2ccc(C)cc2)cc1. The van der Waals surface area contributed by atoms with Gasteiger partial charge in [0, 0.05) is 5.56 Å². The lowest BCUT2D eigenvalue weighted by Crippen LogP contribution is -2.41. The quantitative estimate of drug-likeness (QED) is 0.616. The molecule has 0 aliphatic carbocycles. The second-order valence-electron chi connectivity index (χ2n) is 6.09. The molecular formula is C20H20N2O3S2. The van der Waals surface area contributed by atoms with E-state index in [1.165, 1.54) is 23.5 Å². The van der Waals surface area contributed by atoms with Crippen LogP contribution in [0.25, 0.3) is 11.1 Å². The highest BCUT2D eigenvalue weighted by molar-refractivity contribution is 7.89. The minimum absolute atomic E-state index is 0.102. The van der Waals surface area contributed by atoms with Crippen LogP contribution in [0.2, 0.25) is 0 Å². The summed E-state index contributed by atoms with van der Waals surface area (Å²) in [5.41, 5.74) is 6.15. The molecule has 0 bridgehead atoms. The molecule has 7 heteroatoms. The fourth-order valence-electron chi connectivity index (χ4n) is 2.58. The van der Waals surface area contributed by atoms with E-state index in [0.717, 1.165) is 28.7 Å². The van der Waals surface area contributed by atoms with Gasteiger partial charge in [0.25, 0.3) is 15.9 Å². The molecule has 5 nitrogen and oxygen atoms in total. The zero-order valence-electron chi connectivity index (χ0n) is 15.0. The maximum absolute atomic E-state index is 12.5. The lowest BCUT2D eigenvalue weighted by Gasteiger charge is -2.09. The molecule has 1 heterocycles. The number of nitrogens with one attached hydrogen (secondary N) is 2. The van der Waals surface area contributed by atoms with Gasteiger partial charge in [-0.1, -0.05) is 48.9 Å². The van der Waals surface area contributed by atoms with E-state index >= 15 is 0 Å². The Morgan fingerprint density at radius 1 is 1.00 bits per heavy atom. The van der Waals surface area contributed by atoms with E-state index in [1.54, 1.807) is 12.1 Å². The van der Waals surface area contributed by atoms with Crippen molar-refractivity contribution in [3.63, 3.8) is 0 Å². The first-order valence-corrected chi connectivity index (χ1v) is 10.8. The highest BCUT2D eigenvalue weighted by atomic mass is 32.2. The lowest BCUT2D eigenvalue weighted by atomic mass is 10.1. The van der Waals surface area contributed by atoms with Gasteiger partial charge in [-0.2, -0.15) is 0 Å². The number of hydrogen-bond donors (Lipinski definition) is 2. The minimum Gasteiger partial charge on any atom is -0.273 e. The zero-order valence-corrected chi connectivity index (χ0v) is 16.7. The first-order chi connectivity index (χ1) is 12.9. The fraction of sp³-hybridized carbons (Fsp3) is 0.150. The predicted molar refractivity (Wildman–Crippen MR) is 108 cm³/mol. The smallest absolute Gasteiger partial charge is 0.273 e. The van der Waals surface area contributed by atoms with Crippen LogP contribution >= 0.6 is 11.3 Å². The number of hydrazine groups is 1. The highest BCUT2D eigenvalue weighted by Crippen LogP contribution is 2.28. The Labute approximate surface area is 163 Å². The Kier molecular flexibility index (Phi) is 5.74. The molecule has 140 valence electrons. The van der Waals surface area contributed by atoms with E-state index in [-0.39, 0.29) is 4.90 Å². The molecule has 0 atom stereocenters. The Morgan fingerprint density at radius 3 is 2.30 bits per heavy atom. The van der Waals surface area contributed by atoms with Crippen molar-refractivity contribution in [1.82, 2.24) is 10.3 Å². The van der Waals surface area contributed by atoms with Crippen LogP contribution in [0, 0.1) is 6.92 Å². The predicted octanol–water partition coefficient (Wildman–Crippen LogP) is 3.91. The van der Waals surface area contributed by atoms with Crippen LogP contribution in [0.4, 0.5) is 0 Å². The molecule has 0 unspecified atom stereocenters. The van der Waals surface area contributed by atoms with Gasteiger partial charge < -0.3 is 0 Å². The molecule has 3 rings (SSSR count). The van der Waals surface area contributed by atoms with Crippen molar-refractivity contribution in [3.8, 4) is 11.1 Å². The average molecular weight is 401 g/mol. The molecule has 0 aliphatic rings. The van der Waals surface area contributed by atoms with Crippen LogP contribution in [0.15, 0.2) is 64.9 Å². The average Bonchev–Trinajstić information content (AvgIpc) is 3.17. The number of hydrogen-bond acceptors (Lipinski definition) is 4. The van der Waals surface area contributed by atoms with Gasteiger partial charge in [0.2, 0.25) is 0 Å². The third-order valence-corrected chi connectivity index (χ3v) is 6.35. The maximum atomic E-state index is 12.5. The van der Waals surface area contributed by atoms with Crippen LogP contribution in [0.3, 0.4) is 0 Å². The molecule has 27 heavy (non-hydrogen) atoms. The molecule has 2 N–H and O–H groups in total. The topological polar surface area (TPSA) is 75.3 Å². The van der Waals surface area contributed by atoms with Gasteiger partial charge in [-0.25, -0.2) is 8.42 Å². The Balaban J connectivity index is 1.74. The van der Waals surface area contributed by atoms with Crippen molar-refractivity contribution in [1.29, 1.82) is 0 Å². The number of carbonyl (C=O) groups excluding carboxylic acids is 1. The van der Waals surface area contributed by atoms with Gasteiger partial charge >= 0.3 is 0 Å². The van der Waals surface area contributed by atoms with Crippen LogP contribution in [-0.4, -0.2) is 14.3 Å². The van der Waals surface area contributed by atoms with E-state index in [2.05, 4.69) is 10.3 Å². The standard InChI is InChI=1S/C20H20N2O3S2/c1-3-15-6-10-17(11-7-15)27(24,25)22-21-20(23)19-18(12-13-26-19)16-8-4-14(2)5-9-16/h4-13,22H,3H2,1-2H3,(H,21,23). The number of aryl methyl sites for hydroxylation is 2. The van der Waals surface area contributed by atoms with Crippen molar-refractivity contribution in [2.24, 2.45) is 0 Å². The minimum atomic E-state index is -3.83. The lowest BCUT2D eigenvalue weighted by molar-refractivity contribution is 0.0950. The van der Waals surface area contributed by atoms with E-state index in [4.69, 9.17) is 0 Å². The Morgan fingerprint density at radius 2 is 1.67 bits per heavy atom.